The van der Waals surface area contributed by atoms with Gasteiger partial charge in [-0.05, 0) is 48.8 Å². The molecule has 2 aromatic carbocycles. The molecule has 2 rings (SSSR count). The van der Waals surface area contributed by atoms with E-state index in [9.17, 15) is 5.11 Å². The van der Waals surface area contributed by atoms with Gasteiger partial charge in [-0.2, -0.15) is 0 Å². The summed E-state index contributed by atoms with van der Waals surface area (Å²) < 4.78 is 0. The van der Waals surface area contributed by atoms with Crippen LogP contribution in [-0.4, -0.2) is 16.8 Å². The zero-order chi connectivity index (χ0) is 15.2. The molecule has 1 atom stereocenters. The van der Waals surface area contributed by atoms with E-state index in [1.54, 1.807) is 0 Å². The van der Waals surface area contributed by atoms with Crippen molar-refractivity contribution >= 4 is 23.0 Å². The van der Waals surface area contributed by atoms with Gasteiger partial charge in [-0.15, -0.1) is 0 Å². The van der Waals surface area contributed by atoms with Gasteiger partial charge in [0.1, 0.15) is 0 Å². The van der Waals surface area contributed by atoms with E-state index in [1.807, 2.05) is 44.2 Å². The van der Waals surface area contributed by atoms with Gasteiger partial charge in [-0.25, -0.2) is 0 Å². The average molecular weight is 300 g/mol. The molecule has 0 aliphatic heterocycles. The summed E-state index contributed by atoms with van der Waals surface area (Å²) in [6.07, 6.45) is -0.579. The Hall–Kier alpha value is -1.91. The molecule has 3 N–H and O–H groups in total. The lowest BCUT2D eigenvalue weighted by molar-refractivity contribution is 0.181. The summed E-state index contributed by atoms with van der Waals surface area (Å²) in [7, 11) is 0. The highest BCUT2D eigenvalue weighted by Gasteiger charge is 2.08. The molecule has 110 valence electrons. The zero-order valence-corrected chi connectivity index (χ0v) is 13.1. The van der Waals surface area contributed by atoms with E-state index >= 15 is 0 Å². The summed E-state index contributed by atoms with van der Waals surface area (Å²) in [5, 5.41) is 16.8. The van der Waals surface area contributed by atoms with Crippen LogP contribution in [0.5, 0.6) is 0 Å². The molecule has 4 heteroatoms. The second-order valence-corrected chi connectivity index (χ2v) is 5.49. The quantitative estimate of drug-likeness (QED) is 0.758. The number of nitrogens with one attached hydrogen (secondary N) is 2. The topological polar surface area (TPSA) is 44.3 Å². The summed E-state index contributed by atoms with van der Waals surface area (Å²) in [6, 6.07) is 15.7. The number of rotatable bonds is 4. The Bertz CT molecular complexity index is 613. The smallest absolute Gasteiger partial charge is 0.170 e. The van der Waals surface area contributed by atoms with Gasteiger partial charge in [-0.1, -0.05) is 42.5 Å². The summed E-state index contributed by atoms with van der Waals surface area (Å²) in [4.78, 5) is 0. The second kappa shape index (κ2) is 7.20. The van der Waals surface area contributed by atoms with Gasteiger partial charge in [0.05, 0.1) is 6.10 Å². The first-order valence-corrected chi connectivity index (χ1v) is 7.32. The maximum Gasteiger partial charge on any atom is 0.170 e. The minimum absolute atomic E-state index is 0.376. The van der Waals surface area contributed by atoms with Crippen LogP contribution in [0.3, 0.4) is 0 Å². The van der Waals surface area contributed by atoms with Gasteiger partial charge in [0, 0.05) is 12.2 Å². The highest BCUT2D eigenvalue weighted by atomic mass is 32.1. The van der Waals surface area contributed by atoms with Gasteiger partial charge in [0.25, 0.3) is 0 Å². The third-order valence-electron chi connectivity index (χ3n) is 3.28. The molecule has 0 aliphatic carbocycles. The number of hydrogen-bond acceptors (Lipinski definition) is 2. The molecule has 3 nitrogen and oxygen atoms in total. The molecule has 0 aliphatic rings. The molecule has 0 spiro atoms. The van der Waals surface area contributed by atoms with Crippen LogP contribution in [0.2, 0.25) is 0 Å². The van der Waals surface area contributed by atoms with Crippen molar-refractivity contribution in [2.45, 2.75) is 20.0 Å². The normalized spacial score (nSPS) is 11.8. The van der Waals surface area contributed by atoms with Crippen molar-refractivity contribution in [3.05, 3.63) is 65.2 Å². The van der Waals surface area contributed by atoms with Crippen LogP contribution in [0.4, 0.5) is 5.69 Å². The standard InChI is InChI=1S/C17H20N2OS/c1-12-8-9-13(2)15(10-12)19-17(21)18-11-16(20)14-6-4-3-5-7-14/h3-10,16,20H,11H2,1-2H3,(H2,18,19,21)/t16-/m0/s1. The lowest BCUT2D eigenvalue weighted by Crippen LogP contribution is -2.32. The number of hydrogen-bond donors (Lipinski definition) is 3. The van der Waals surface area contributed by atoms with Crippen molar-refractivity contribution in [1.82, 2.24) is 5.32 Å². The van der Waals surface area contributed by atoms with Crippen LogP contribution in [0, 0.1) is 13.8 Å². The SMILES string of the molecule is Cc1ccc(C)c(NC(=S)NC[C@H](O)c2ccccc2)c1. The number of anilines is 1. The second-order valence-electron chi connectivity index (χ2n) is 5.08. The van der Waals surface area contributed by atoms with Crippen LogP contribution in [0.25, 0.3) is 0 Å². The third-order valence-corrected chi connectivity index (χ3v) is 3.53. The van der Waals surface area contributed by atoms with Gasteiger partial charge >= 0.3 is 0 Å². The van der Waals surface area contributed by atoms with Crippen molar-refractivity contribution in [1.29, 1.82) is 0 Å². The monoisotopic (exact) mass is 300 g/mol. The predicted octanol–water partition coefficient (Wildman–Crippen LogP) is 3.32. The zero-order valence-electron chi connectivity index (χ0n) is 12.3. The molecule has 0 amide bonds. The average Bonchev–Trinajstić information content (AvgIpc) is 2.49. The molecule has 0 saturated carbocycles. The Kier molecular flexibility index (Phi) is 5.31. The molecule has 0 unspecified atom stereocenters. The molecular formula is C17H20N2OS. The lowest BCUT2D eigenvalue weighted by Gasteiger charge is -2.16. The Labute approximate surface area is 131 Å². The first kappa shape index (κ1) is 15.5. The maximum absolute atomic E-state index is 10.1. The summed E-state index contributed by atoms with van der Waals surface area (Å²) in [5.41, 5.74) is 4.17. The molecular weight excluding hydrogens is 280 g/mol. The third kappa shape index (κ3) is 4.55. The number of thiocarbonyl (C=S) groups is 1. The van der Waals surface area contributed by atoms with Crippen LogP contribution in [-0.2, 0) is 0 Å². The summed E-state index contributed by atoms with van der Waals surface area (Å²) >= 11 is 5.27. The Morgan fingerprint density at radius 3 is 2.57 bits per heavy atom. The Morgan fingerprint density at radius 1 is 1.14 bits per heavy atom. The first-order chi connectivity index (χ1) is 10.1. The van der Waals surface area contributed by atoms with Gasteiger partial charge in [-0.3, -0.25) is 0 Å². The molecule has 0 saturated heterocycles. The molecule has 0 aromatic heterocycles. The number of benzene rings is 2. The minimum Gasteiger partial charge on any atom is -0.387 e. The molecule has 2 aromatic rings. The van der Waals surface area contributed by atoms with Crippen molar-refractivity contribution in [2.75, 3.05) is 11.9 Å². The van der Waals surface area contributed by atoms with Crippen molar-refractivity contribution < 1.29 is 5.11 Å². The highest BCUT2D eigenvalue weighted by Crippen LogP contribution is 2.16. The van der Waals surface area contributed by atoms with Gasteiger partial charge < -0.3 is 15.7 Å². The highest BCUT2D eigenvalue weighted by molar-refractivity contribution is 7.80. The van der Waals surface area contributed by atoms with E-state index in [0.29, 0.717) is 11.7 Å². The van der Waals surface area contributed by atoms with E-state index in [0.717, 1.165) is 16.8 Å². The number of aryl methyl sites for hydroxylation is 2. The fraction of sp³-hybridized carbons (Fsp3) is 0.235. The van der Waals surface area contributed by atoms with E-state index < -0.39 is 6.10 Å². The fourth-order valence-electron chi connectivity index (χ4n) is 2.02. The van der Waals surface area contributed by atoms with E-state index in [-0.39, 0.29) is 0 Å². The van der Waals surface area contributed by atoms with Crippen LogP contribution < -0.4 is 10.6 Å². The Balaban J connectivity index is 1.89. The molecule has 0 heterocycles. The molecule has 21 heavy (non-hydrogen) atoms. The molecule has 0 radical (unpaired) electrons. The molecule has 0 fully saturated rings. The Morgan fingerprint density at radius 2 is 1.86 bits per heavy atom. The van der Waals surface area contributed by atoms with Gasteiger partial charge in [0.2, 0.25) is 0 Å². The van der Waals surface area contributed by atoms with Crippen molar-refractivity contribution in [3.63, 3.8) is 0 Å². The van der Waals surface area contributed by atoms with Crippen molar-refractivity contribution in [3.8, 4) is 0 Å². The van der Waals surface area contributed by atoms with E-state index in [1.165, 1.54) is 5.56 Å². The molecule has 0 bridgehead atoms. The number of aliphatic hydroxyl groups excluding tert-OH is 1. The lowest BCUT2D eigenvalue weighted by atomic mass is 10.1. The van der Waals surface area contributed by atoms with Crippen LogP contribution in [0.15, 0.2) is 48.5 Å². The summed E-state index contributed by atoms with van der Waals surface area (Å²) in [6.45, 7) is 4.45. The fourth-order valence-corrected chi connectivity index (χ4v) is 2.21. The van der Waals surface area contributed by atoms with Gasteiger partial charge in [0.15, 0.2) is 5.11 Å². The van der Waals surface area contributed by atoms with E-state index in [4.69, 9.17) is 12.2 Å². The largest absolute Gasteiger partial charge is 0.387 e. The summed E-state index contributed by atoms with van der Waals surface area (Å²) in [5.74, 6) is 0. The first-order valence-electron chi connectivity index (χ1n) is 6.91. The minimum atomic E-state index is -0.579. The number of aliphatic hydroxyl groups is 1. The predicted molar refractivity (Wildman–Crippen MR) is 91.5 cm³/mol. The van der Waals surface area contributed by atoms with Crippen molar-refractivity contribution in [2.24, 2.45) is 0 Å². The maximum atomic E-state index is 10.1. The van der Waals surface area contributed by atoms with Crippen LogP contribution >= 0.6 is 12.2 Å². The van der Waals surface area contributed by atoms with Crippen LogP contribution in [0.1, 0.15) is 22.8 Å². The van der Waals surface area contributed by atoms with E-state index in [2.05, 4.69) is 28.8 Å².